The van der Waals surface area contributed by atoms with Crippen molar-refractivity contribution in [2.24, 2.45) is 23.7 Å². The van der Waals surface area contributed by atoms with E-state index in [0.717, 1.165) is 57.8 Å². The Bertz CT molecular complexity index is 1150. The van der Waals surface area contributed by atoms with E-state index in [1.54, 1.807) is 6.07 Å². The Balaban J connectivity index is 1.93. The van der Waals surface area contributed by atoms with Gasteiger partial charge in [0.05, 0.1) is 0 Å². The molecule has 228 valence electrons. The van der Waals surface area contributed by atoms with Gasteiger partial charge in [-0.05, 0) is 122 Å². The summed E-state index contributed by atoms with van der Waals surface area (Å²) in [5.41, 5.74) is 4.68. The van der Waals surface area contributed by atoms with Crippen molar-refractivity contribution < 1.29 is 19.7 Å². The van der Waals surface area contributed by atoms with Crippen LogP contribution in [-0.2, 0) is 17.6 Å². The minimum Gasteiger partial charge on any atom is -0.508 e. The SMILES string of the molecule is CCCCCc1cc(O)c(CC=C(C)CCC=C(C)C)c(O)c1C(=O)O[C@@]1(C)CC[C@@H](C(C)C)[C@@H]2C=C(C)CC[C@H]21. The molecule has 0 amide bonds. The number of hydrogen-bond acceptors (Lipinski definition) is 4. The fourth-order valence-corrected chi connectivity index (χ4v) is 7.14. The number of rotatable bonds is 12. The molecule has 3 rings (SSSR count). The summed E-state index contributed by atoms with van der Waals surface area (Å²) in [6, 6.07) is 1.70. The van der Waals surface area contributed by atoms with Crippen LogP contribution in [0.3, 0.4) is 0 Å². The van der Waals surface area contributed by atoms with Crippen molar-refractivity contribution >= 4 is 5.97 Å². The van der Waals surface area contributed by atoms with Gasteiger partial charge in [-0.15, -0.1) is 0 Å². The molecular weight excluding hydrogens is 508 g/mol. The zero-order valence-corrected chi connectivity index (χ0v) is 27.1. The maximum absolute atomic E-state index is 14.1. The van der Waals surface area contributed by atoms with Crippen molar-refractivity contribution in [1.29, 1.82) is 0 Å². The zero-order chi connectivity index (χ0) is 30.3. The third-order valence-corrected chi connectivity index (χ3v) is 9.69. The van der Waals surface area contributed by atoms with Crippen LogP contribution in [0.5, 0.6) is 11.5 Å². The number of benzene rings is 1. The molecule has 0 heterocycles. The highest BCUT2D eigenvalue weighted by Gasteiger charge is 2.50. The van der Waals surface area contributed by atoms with Crippen LogP contribution in [-0.4, -0.2) is 21.8 Å². The first-order chi connectivity index (χ1) is 19.4. The van der Waals surface area contributed by atoms with E-state index in [1.165, 1.54) is 16.7 Å². The lowest BCUT2D eigenvalue weighted by molar-refractivity contribution is -0.0951. The van der Waals surface area contributed by atoms with Crippen LogP contribution in [0, 0.1) is 23.7 Å². The van der Waals surface area contributed by atoms with Crippen molar-refractivity contribution in [3.05, 3.63) is 57.7 Å². The number of unbranched alkanes of at least 4 members (excludes halogenated alkanes) is 2. The molecule has 4 heteroatoms. The second-order valence-electron chi connectivity index (χ2n) is 13.7. The molecule has 1 aromatic carbocycles. The lowest BCUT2D eigenvalue weighted by Crippen LogP contribution is -2.50. The summed E-state index contributed by atoms with van der Waals surface area (Å²) < 4.78 is 6.49. The Labute approximate surface area is 250 Å². The second-order valence-corrected chi connectivity index (χ2v) is 13.7. The number of phenolic OH excluding ortho intramolecular Hbond substituents is 2. The van der Waals surface area contributed by atoms with Gasteiger partial charge in [-0.2, -0.15) is 0 Å². The maximum Gasteiger partial charge on any atom is 0.342 e. The quantitative estimate of drug-likeness (QED) is 0.151. The van der Waals surface area contributed by atoms with Crippen LogP contribution in [0.25, 0.3) is 0 Å². The number of aromatic hydroxyl groups is 2. The Kier molecular flexibility index (Phi) is 11.8. The van der Waals surface area contributed by atoms with Gasteiger partial charge in [-0.3, -0.25) is 0 Å². The Morgan fingerprint density at radius 2 is 1.88 bits per heavy atom. The lowest BCUT2D eigenvalue weighted by Gasteiger charge is -2.51. The largest absolute Gasteiger partial charge is 0.508 e. The van der Waals surface area contributed by atoms with Gasteiger partial charge < -0.3 is 14.9 Å². The van der Waals surface area contributed by atoms with E-state index < -0.39 is 11.6 Å². The molecule has 0 radical (unpaired) electrons. The van der Waals surface area contributed by atoms with Gasteiger partial charge in [0.15, 0.2) is 0 Å². The molecule has 0 saturated heterocycles. The molecule has 2 N–H and O–H groups in total. The van der Waals surface area contributed by atoms with E-state index in [-0.39, 0.29) is 23.0 Å². The van der Waals surface area contributed by atoms with Gasteiger partial charge >= 0.3 is 5.97 Å². The summed E-state index contributed by atoms with van der Waals surface area (Å²) >= 11 is 0. The van der Waals surface area contributed by atoms with Gasteiger partial charge in [0.1, 0.15) is 22.7 Å². The van der Waals surface area contributed by atoms with Crippen LogP contribution in [0.1, 0.15) is 135 Å². The molecule has 4 atom stereocenters. The molecule has 41 heavy (non-hydrogen) atoms. The first kappa shape index (κ1) is 33.0. The van der Waals surface area contributed by atoms with Crippen LogP contribution in [0.15, 0.2) is 41.0 Å². The second kappa shape index (κ2) is 14.6. The van der Waals surface area contributed by atoms with Gasteiger partial charge in [0.2, 0.25) is 0 Å². The summed E-state index contributed by atoms with van der Waals surface area (Å²) in [5, 5.41) is 22.5. The molecule has 0 aromatic heterocycles. The van der Waals surface area contributed by atoms with Crippen LogP contribution >= 0.6 is 0 Å². The van der Waals surface area contributed by atoms with E-state index in [0.29, 0.717) is 41.7 Å². The van der Waals surface area contributed by atoms with Crippen molar-refractivity contribution in [3.8, 4) is 11.5 Å². The van der Waals surface area contributed by atoms with Crippen molar-refractivity contribution in [3.63, 3.8) is 0 Å². The molecule has 1 saturated carbocycles. The van der Waals surface area contributed by atoms with Crippen LogP contribution < -0.4 is 0 Å². The van der Waals surface area contributed by atoms with Gasteiger partial charge in [-0.25, -0.2) is 4.79 Å². The number of carbonyl (C=O) groups excluding carboxylic acids is 1. The number of esters is 1. The molecule has 4 nitrogen and oxygen atoms in total. The first-order valence-electron chi connectivity index (χ1n) is 16.1. The van der Waals surface area contributed by atoms with E-state index in [4.69, 9.17) is 4.74 Å². The average molecular weight is 565 g/mol. The van der Waals surface area contributed by atoms with Gasteiger partial charge in [0, 0.05) is 11.5 Å². The first-order valence-corrected chi connectivity index (χ1v) is 16.1. The molecule has 2 aliphatic rings. The number of hydrogen-bond donors (Lipinski definition) is 2. The zero-order valence-electron chi connectivity index (χ0n) is 27.1. The summed E-state index contributed by atoms with van der Waals surface area (Å²) in [7, 11) is 0. The van der Waals surface area contributed by atoms with Crippen LogP contribution in [0.2, 0.25) is 0 Å². The minimum atomic E-state index is -0.586. The minimum absolute atomic E-state index is 0.0514. The number of phenols is 2. The normalized spacial score (nSPS) is 24.6. The number of allylic oxidation sites excluding steroid dienone is 6. The standard InChI is InChI=1S/C37H56O4/c1-9-10-11-15-28-23-33(38)30(18-16-26(6)14-12-13-24(2)3)35(39)34(28)36(40)41-37(8)21-20-29(25(4)5)31-22-27(7)17-19-32(31)37/h13,16,22-23,25,29,31-32,38-39H,9-12,14-15,17-21H2,1-8H3/t29-,31-,32+,37-/m0/s1. The predicted octanol–water partition coefficient (Wildman–Crippen LogP) is 10.0. The highest BCUT2D eigenvalue weighted by Crippen LogP contribution is 2.52. The molecule has 1 aromatic rings. The fraction of sp³-hybridized carbons (Fsp3) is 0.649. The lowest BCUT2D eigenvalue weighted by atomic mass is 9.58. The molecule has 2 aliphatic carbocycles. The Morgan fingerprint density at radius 1 is 1.15 bits per heavy atom. The summed E-state index contributed by atoms with van der Waals surface area (Å²) in [6.07, 6.45) is 16.5. The summed E-state index contributed by atoms with van der Waals surface area (Å²) in [4.78, 5) is 14.1. The molecule has 0 bridgehead atoms. The topological polar surface area (TPSA) is 66.8 Å². The molecule has 0 aliphatic heterocycles. The highest BCUT2D eigenvalue weighted by molar-refractivity contribution is 5.95. The molecule has 0 unspecified atom stereocenters. The van der Waals surface area contributed by atoms with E-state index in [2.05, 4.69) is 73.6 Å². The van der Waals surface area contributed by atoms with Crippen molar-refractivity contribution in [1.82, 2.24) is 0 Å². The Morgan fingerprint density at radius 3 is 2.54 bits per heavy atom. The average Bonchev–Trinajstić information content (AvgIpc) is 2.88. The van der Waals surface area contributed by atoms with Gasteiger partial charge in [0.25, 0.3) is 0 Å². The van der Waals surface area contributed by atoms with Crippen molar-refractivity contribution in [2.45, 2.75) is 132 Å². The van der Waals surface area contributed by atoms with Crippen LogP contribution in [0.4, 0.5) is 0 Å². The number of ether oxygens (including phenoxy) is 1. The number of carbonyl (C=O) groups is 1. The maximum atomic E-state index is 14.1. The third-order valence-electron chi connectivity index (χ3n) is 9.69. The number of aryl methyl sites for hydroxylation is 1. The summed E-state index contributed by atoms with van der Waals surface area (Å²) in [5.74, 6) is 1.33. The third kappa shape index (κ3) is 8.30. The van der Waals surface area contributed by atoms with E-state index in [9.17, 15) is 15.0 Å². The summed E-state index contributed by atoms with van der Waals surface area (Å²) in [6.45, 7) is 17.4. The van der Waals surface area contributed by atoms with Crippen molar-refractivity contribution in [2.75, 3.05) is 0 Å². The highest BCUT2D eigenvalue weighted by atomic mass is 16.6. The Hall–Kier alpha value is -2.49. The monoisotopic (exact) mass is 564 g/mol. The van der Waals surface area contributed by atoms with E-state index in [1.807, 2.05) is 0 Å². The molecule has 0 spiro atoms. The fourth-order valence-electron chi connectivity index (χ4n) is 7.14. The smallest absolute Gasteiger partial charge is 0.342 e. The van der Waals surface area contributed by atoms with Gasteiger partial charge in [-0.1, -0.05) is 68.6 Å². The van der Waals surface area contributed by atoms with E-state index >= 15 is 0 Å². The molecular formula is C37H56O4. The number of fused-ring (bicyclic) bond motifs is 1. The molecule has 1 fully saturated rings. The predicted molar refractivity (Wildman–Crippen MR) is 170 cm³/mol.